The molecule has 0 heterocycles. The Kier molecular flexibility index (Phi) is 2.99. The minimum Gasteiger partial charge on any atom is -0.327 e. The summed E-state index contributed by atoms with van der Waals surface area (Å²) in [5, 5.41) is 0. The number of nitrogens with two attached hydrogens (primary N) is 1. The molecular weight excluding hydrogens is 208 g/mol. The third-order valence-corrected chi connectivity index (χ3v) is 6.00. The first-order chi connectivity index (χ1) is 8.12. The van der Waals surface area contributed by atoms with Crippen LogP contribution in [0.4, 0.5) is 0 Å². The Morgan fingerprint density at radius 1 is 1.24 bits per heavy atom. The van der Waals surface area contributed by atoms with E-state index in [1.807, 2.05) is 0 Å². The average Bonchev–Trinajstić information content (AvgIpc) is 2.83. The number of fused-ring (bicyclic) bond motifs is 3. The monoisotopic (exact) mass is 236 g/mol. The van der Waals surface area contributed by atoms with Crippen LogP contribution in [0.1, 0.15) is 44.9 Å². The summed E-state index contributed by atoms with van der Waals surface area (Å²) < 4.78 is 0. The average molecular weight is 236 g/mol. The van der Waals surface area contributed by atoms with Crippen molar-refractivity contribution in [2.24, 2.45) is 28.9 Å². The van der Waals surface area contributed by atoms with Crippen LogP contribution in [0.5, 0.6) is 0 Å². The van der Waals surface area contributed by atoms with E-state index in [-0.39, 0.29) is 0 Å². The number of hydrogen-bond donors (Lipinski definition) is 1. The van der Waals surface area contributed by atoms with Gasteiger partial charge in [-0.25, -0.2) is 0 Å². The van der Waals surface area contributed by atoms with Crippen molar-refractivity contribution in [2.45, 2.75) is 51.0 Å². The molecule has 0 saturated heterocycles. The summed E-state index contributed by atoms with van der Waals surface area (Å²) >= 11 is 0. The van der Waals surface area contributed by atoms with E-state index < -0.39 is 0 Å². The van der Waals surface area contributed by atoms with E-state index >= 15 is 0 Å². The van der Waals surface area contributed by atoms with E-state index in [0.717, 1.165) is 17.8 Å². The summed E-state index contributed by atoms with van der Waals surface area (Å²) in [4.78, 5) is 2.36. The van der Waals surface area contributed by atoms with Crippen LogP contribution in [0.3, 0.4) is 0 Å². The molecule has 0 unspecified atom stereocenters. The quantitative estimate of drug-likeness (QED) is 0.798. The van der Waals surface area contributed by atoms with Crippen LogP contribution in [0.2, 0.25) is 0 Å². The first-order valence-corrected chi connectivity index (χ1v) is 7.52. The van der Waals surface area contributed by atoms with Gasteiger partial charge in [0, 0.05) is 12.6 Å². The predicted octanol–water partition coefficient (Wildman–Crippen LogP) is 2.48. The predicted molar refractivity (Wildman–Crippen MR) is 71.8 cm³/mol. The molecule has 2 heteroatoms. The molecule has 2 bridgehead atoms. The molecule has 0 amide bonds. The van der Waals surface area contributed by atoms with Crippen LogP contribution in [0.25, 0.3) is 0 Å². The lowest BCUT2D eigenvalue weighted by Gasteiger charge is -2.48. The molecule has 2 nitrogen and oxygen atoms in total. The Morgan fingerprint density at radius 3 is 2.71 bits per heavy atom. The Labute approximate surface area is 106 Å². The molecule has 17 heavy (non-hydrogen) atoms. The normalized spacial score (nSPS) is 49.4. The van der Waals surface area contributed by atoms with E-state index in [4.69, 9.17) is 5.73 Å². The highest BCUT2D eigenvalue weighted by molar-refractivity contribution is 5.10. The molecule has 3 fully saturated rings. The zero-order valence-electron chi connectivity index (χ0n) is 11.5. The van der Waals surface area contributed by atoms with Gasteiger partial charge in [0.05, 0.1) is 0 Å². The molecule has 1 spiro atoms. The second-order valence-electron chi connectivity index (χ2n) is 7.25. The van der Waals surface area contributed by atoms with E-state index in [9.17, 15) is 0 Å². The minimum atomic E-state index is 0.534. The van der Waals surface area contributed by atoms with E-state index in [0.29, 0.717) is 11.5 Å². The molecule has 0 aromatic heterocycles. The molecule has 0 aromatic carbocycles. The maximum Gasteiger partial charge on any atom is 0.0127 e. The molecule has 3 saturated carbocycles. The lowest BCUT2D eigenvalue weighted by molar-refractivity contribution is 0.0407. The molecule has 98 valence electrons. The lowest BCUT2D eigenvalue weighted by Crippen LogP contribution is -2.49. The van der Waals surface area contributed by atoms with Gasteiger partial charge in [-0.15, -0.1) is 0 Å². The number of rotatable bonds is 2. The zero-order chi connectivity index (χ0) is 12.0. The van der Waals surface area contributed by atoms with Gasteiger partial charge in [-0.2, -0.15) is 0 Å². The Hall–Kier alpha value is -0.0800. The highest BCUT2D eigenvalue weighted by atomic mass is 15.1. The smallest absolute Gasteiger partial charge is 0.0127 e. The highest BCUT2D eigenvalue weighted by Crippen LogP contribution is 2.61. The second-order valence-corrected chi connectivity index (χ2v) is 7.25. The van der Waals surface area contributed by atoms with Crippen LogP contribution in [0, 0.1) is 23.2 Å². The van der Waals surface area contributed by atoms with Crippen molar-refractivity contribution in [3.05, 3.63) is 0 Å². The summed E-state index contributed by atoms with van der Waals surface area (Å²) in [6, 6.07) is 0.534. The summed E-state index contributed by atoms with van der Waals surface area (Å²) in [7, 11) is 4.42. The summed E-state index contributed by atoms with van der Waals surface area (Å²) in [6.45, 7) is 1.27. The second kappa shape index (κ2) is 4.24. The first-order valence-electron chi connectivity index (χ1n) is 7.52. The van der Waals surface area contributed by atoms with Crippen molar-refractivity contribution in [2.75, 3.05) is 20.6 Å². The van der Waals surface area contributed by atoms with Crippen molar-refractivity contribution in [1.82, 2.24) is 4.90 Å². The Bertz CT molecular complexity index is 285. The zero-order valence-corrected chi connectivity index (χ0v) is 11.5. The Morgan fingerprint density at radius 2 is 2.06 bits per heavy atom. The molecular formula is C15H28N2. The highest BCUT2D eigenvalue weighted by Gasteiger charge is 2.57. The molecule has 3 rings (SSSR count). The molecule has 0 aliphatic heterocycles. The SMILES string of the molecule is CN(C)C[C@@H]1CCC[C@@]2(C1)[C@H]1CC[C@H](C1)[C@@H]2N. The maximum absolute atomic E-state index is 6.61. The van der Waals surface area contributed by atoms with Gasteiger partial charge in [-0.3, -0.25) is 0 Å². The van der Waals surface area contributed by atoms with Gasteiger partial charge in [0.15, 0.2) is 0 Å². The fraction of sp³-hybridized carbons (Fsp3) is 1.00. The number of hydrogen-bond acceptors (Lipinski definition) is 2. The fourth-order valence-corrected chi connectivity index (χ4v) is 5.41. The van der Waals surface area contributed by atoms with Gasteiger partial charge in [-0.1, -0.05) is 6.42 Å². The van der Waals surface area contributed by atoms with Gasteiger partial charge in [-0.05, 0) is 75.8 Å². The third kappa shape index (κ3) is 1.84. The van der Waals surface area contributed by atoms with Crippen molar-refractivity contribution >= 4 is 0 Å². The van der Waals surface area contributed by atoms with Gasteiger partial charge in [0.1, 0.15) is 0 Å². The largest absolute Gasteiger partial charge is 0.327 e. The molecule has 3 aliphatic carbocycles. The van der Waals surface area contributed by atoms with Crippen molar-refractivity contribution < 1.29 is 0 Å². The van der Waals surface area contributed by atoms with Gasteiger partial charge < -0.3 is 10.6 Å². The molecule has 3 aliphatic rings. The molecule has 5 atom stereocenters. The van der Waals surface area contributed by atoms with Gasteiger partial charge >= 0.3 is 0 Å². The van der Waals surface area contributed by atoms with Crippen molar-refractivity contribution in [1.29, 1.82) is 0 Å². The molecule has 0 radical (unpaired) electrons. The maximum atomic E-state index is 6.61. The van der Waals surface area contributed by atoms with Crippen molar-refractivity contribution in [3.63, 3.8) is 0 Å². The summed E-state index contributed by atoms with van der Waals surface area (Å²) in [5.41, 5.74) is 7.17. The minimum absolute atomic E-state index is 0.534. The van der Waals surface area contributed by atoms with Crippen molar-refractivity contribution in [3.8, 4) is 0 Å². The van der Waals surface area contributed by atoms with Crippen LogP contribution >= 0.6 is 0 Å². The van der Waals surface area contributed by atoms with E-state index in [1.165, 1.54) is 51.5 Å². The number of nitrogens with zero attached hydrogens (tertiary/aromatic N) is 1. The van der Waals surface area contributed by atoms with Gasteiger partial charge in [0.2, 0.25) is 0 Å². The van der Waals surface area contributed by atoms with E-state index in [1.54, 1.807) is 0 Å². The van der Waals surface area contributed by atoms with Gasteiger partial charge in [0.25, 0.3) is 0 Å². The molecule has 0 aromatic rings. The lowest BCUT2D eigenvalue weighted by atomic mass is 9.59. The van der Waals surface area contributed by atoms with Crippen LogP contribution in [0.15, 0.2) is 0 Å². The van der Waals surface area contributed by atoms with Crippen LogP contribution < -0.4 is 5.73 Å². The van der Waals surface area contributed by atoms with E-state index in [2.05, 4.69) is 19.0 Å². The fourth-order valence-electron chi connectivity index (χ4n) is 5.41. The third-order valence-electron chi connectivity index (χ3n) is 6.00. The Balaban J connectivity index is 1.74. The standard InChI is InChI=1S/C15H28N2/c1-17(2)10-11-4-3-7-15(9-11)13-6-5-12(8-13)14(15)16/h11-14H,3-10,16H2,1-2H3/t11-,12-,13+,14+,15-/m1/s1. The summed E-state index contributed by atoms with van der Waals surface area (Å²) in [5.74, 6) is 2.76. The van der Waals surface area contributed by atoms with Crippen LogP contribution in [-0.2, 0) is 0 Å². The first kappa shape index (κ1) is 12.0. The van der Waals surface area contributed by atoms with Crippen LogP contribution in [-0.4, -0.2) is 31.6 Å². The topological polar surface area (TPSA) is 29.3 Å². The molecule has 2 N–H and O–H groups in total. The summed E-state index contributed by atoms with van der Waals surface area (Å²) in [6.07, 6.45) is 10.1.